The monoisotopic (exact) mass is 379 g/mol. The number of nitrogens with zero attached hydrogens (tertiary/aromatic N) is 1. The summed E-state index contributed by atoms with van der Waals surface area (Å²) < 4.78 is 10.2. The van der Waals surface area contributed by atoms with Crippen molar-refractivity contribution in [2.24, 2.45) is 5.10 Å². The molecule has 0 heterocycles. The number of aromatic hydroxyl groups is 1. The van der Waals surface area contributed by atoms with Gasteiger partial charge in [0.1, 0.15) is 0 Å². The van der Waals surface area contributed by atoms with E-state index in [0.717, 1.165) is 16.5 Å². The maximum atomic E-state index is 12.1. The second kappa shape index (κ2) is 8.77. The number of anilines is 1. The smallest absolute Gasteiger partial charge is 0.259 e. The van der Waals surface area contributed by atoms with Gasteiger partial charge in [0.25, 0.3) is 5.91 Å². The maximum absolute atomic E-state index is 12.1. The zero-order valence-electron chi connectivity index (χ0n) is 15.6. The van der Waals surface area contributed by atoms with Crippen molar-refractivity contribution >= 4 is 28.6 Å². The van der Waals surface area contributed by atoms with Crippen LogP contribution in [0, 0.1) is 0 Å². The molecule has 3 aromatic carbocycles. The molecule has 0 bridgehead atoms. The van der Waals surface area contributed by atoms with E-state index in [-0.39, 0.29) is 29.7 Å². The van der Waals surface area contributed by atoms with E-state index in [2.05, 4.69) is 15.8 Å². The molecule has 1 amide bonds. The molecule has 3 N–H and O–H groups in total. The van der Waals surface area contributed by atoms with Crippen LogP contribution in [0.15, 0.2) is 59.7 Å². The fourth-order valence-electron chi connectivity index (χ4n) is 2.76. The van der Waals surface area contributed by atoms with Crippen LogP contribution < -0.4 is 20.2 Å². The number of carbonyl (C=O) groups is 1. The number of ether oxygens (including phenoxy) is 2. The van der Waals surface area contributed by atoms with Crippen LogP contribution in [-0.2, 0) is 4.79 Å². The molecular weight excluding hydrogens is 358 g/mol. The molecule has 144 valence electrons. The highest BCUT2D eigenvalue weighted by Crippen LogP contribution is 2.36. The fraction of sp³-hybridized carbons (Fsp3) is 0.143. The summed E-state index contributed by atoms with van der Waals surface area (Å²) in [7, 11) is 2.88. The lowest BCUT2D eigenvalue weighted by molar-refractivity contribution is -0.119. The van der Waals surface area contributed by atoms with Gasteiger partial charge in [0.2, 0.25) is 5.75 Å². The number of hydrogen-bond acceptors (Lipinski definition) is 6. The summed E-state index contributed by atoms with van der Waals surface area (Å²) in [4.78, 5) is 12.1. The Morgan fingerprint density at radius 3 is 2.46 bits per heavy atom. The Kier molecular flexibility index (Phi) is 5.96. The van der Waals surface area contributed by atoms with Crippen molar-refractivity contribution in [3.05, 3.63) is 60.2 Å². The van der Waals surface area contributed by atoms with E-state index in [1.54, 1.807) is 12.1 Å². The van der Waals surface area contributed by atoms with Crippen molar-refractivity contribution in [2.75, 3.05) is 26.1 Å². The fourth-order valence-corrected chi connectivity index (χ4v) is 2.76. The van der Waals surface area contributed by atoms with Gasteiger partial charge in [0.05, 0.1) is 27.0 Å². The Morgan fingerprint density at radius 1 is 1.07 bits per heavy atom. The number of phenolic OH excluding ortho intramolecular Hbond substituents is 1. The summed E-state index contributed by atoms with van der Waals surface area (Å²) in [6.45, 7) is 0.0770. The first-order chi connectivity index (χ1) is 13.6. The number of methoxy groups -OCH3 is 2. The Balaban J connectivity index is 1.61. The Hall–Kier alpha value is -3.74. The predicted molar refractivity (Wildman–Crippen MR) is 109 cm³/mol. The molecule has 0 spiro atoms. The van der Waals surface area contributed by atoms with Gasteiger partial charge >= 0.3 is 0 Å². The number of hydrogen-bond donors (Lipinski definition) is 3. The average molecular weight is 379 g/mol. The van der Waals surface area contributed by atoms with Crippen molar-refractivity contribution < 1.29 is 19.4 Å². The van der Waals surface area contributed by atoms with E-state index in [1.807, 2.05) is 42.5 Å². The second-order valence-electron chi connectivity index (χ2n) is 5.95. The molecule has 3 rings (SSSR count). The minimum atomic E-state index is -0.290. The largest absolute Gasteiger partial charge is 0.502 e. The summed E-state index contributed by atoms with van der Waals surface area (Å²) in [5.41, 5.74) is 3.95. The van der Waals surface area contributed by atoms with Crippen LogP contribution in [0.4, 0.5) is 5.69 Å². The lowest BCUT2D eigenvalue weighted by atomic mass is 10.1. The van der Waals surface area contributed by atoms with Crippen LogP contribution in [0.25, 0.3) is 10.8 Å². The molecule has 0 unspecified atom stereocenters. The number of nitrogens with one attached hydrogen (secondary N) is 2. The van der Waals surface area contributed by atoms with Crippen molar-refractivity contribution in [3.8, 4) is 17.2 Å². The predicted octanol–water partition coefficient (Wildman–Crippen LogP) is 3.12. The van der Waals surface area contributed by atoms with Crippen molar-refractivity contribution in [1.82, 2.24) is 5.43 Å². The van der Waals surface area contributed by atoms with Crippen LogP contribution in [0.5, 0.6) is 17.2 Å². The van der Waals surface area contributed by atoms with Gasteiger partial charge < -0.3 is 19.9 Å². The second-order valence-corrected chi connectivity index (χ2v) is 5.95. The summed E-state index contributed by atoms with van der Waals surface area (Å²) in [5, 5.41) is 19.1. The van der Waals surface area contributed by atoms with E-state index in [9.17, 15) is 9.90 Å². The van der Waals surface area contributed by atoms with Crippen molar-refractivity contribution in [2.45, 2.75) is 0 Å². The number of amides is 1. The van der Waals surface area contributed by atoms with Gasteiger partial charge in [-0.15, -0.1) is 0 Å². The molecular formula is C21H21N3O4. The van der Waals surface area contributed by atoms with E-state index >= 15 is 0 Å². The molecule has 0 aromatic heterocycles. The van der Waals surface area contributed by atoms with Gasteiger partial charge in [0.15, 0.2) is 11.5 Å². The third-order valence-corrected chi connectivity index (χ3v) is 4.13. The standard InChI is InChI=1S/C21H21N3O4/c1-27-18-10-14(11-19(28-2)21(18)26)12-23-24-20(25)13-22-17-9-5-7-15-6-3-4-8-16(15)17/h3-12,22,26H,13H2,1-2H3,(H,24,25)/b23-12+. The molecule has 0 aliphatic heterocycles. The van der Waals surface area contributed by atoms with Crippen LogP contribution in [0.3, 0.4) is 0 Å². The highest BCUT2D eigenvalue weighted by molar-refractivity contribution is 5.95. The summed E-state index contributed by atoms with van der Waals surface area (Å²) in [5.74, 6) is 0.127. The number of carbonyl (C=O) groups excluding carboxylic acids is 1. The highest BCUT2D eigenvalue weighted by atomic mass is 16.5. The van der Waals surface area contributed by atoms with Gasteiger partial charge in [-0.1, -0.05) is 36.4 Å². The van der Waals surface area contributed by atoms with Crippen LogP contribution >= 0.6 is 0 Å². The topological polar surface area (TPSA) is 92.2 Å². The number of benzene rings is 3. The summed E-state index contributed by atoms with van der Waals surface area (Å²) in [6.07, 6.45) is 1.44. The molecule has 0 fully saturated rings. The minimum Gasteiger partial charge on any atom is -0.502 e. The van der Waals surface area contributed by atoms with Gasteiger partial charge in [-0.2, -0.15) is 5.10 Å². The zero-order chi connectivity index (χ0) is 19.9. The number of rotatable bonds is 7. The molecule has 0 saturated heterocycles. The normalized spacial score (nSPS) is 10.8. The number of hydrazone groups is 1. The molecule has 7 nitrogen and oxygen atoms in total. The maximum Gasteiger partial charge on any atom is 0.259 e. The molecule has 0 saturated carbocycles. The van der Waals surface area contributed by atoms with Gasteiger partial charge in [-0.25, -0.2) is 5.43 Å². The summed E-state index contributed by atoms with van der Waals surface area (Å²) >= 11 is 0. The average Bonchev–Trinajstić information content (AvgIpc) is 2.73. The first-order valence-corrected chi connectivity index (χ1v) is 8.61. The molecule has 7 heteroatoms. The van der Waals surface area contributed by atoms with Gasteiger partial charge in [-0.05, 0) is 23.6 Å². The van der Waals surface area contributed by atoms with Gasteiger partial charge in [-0.3, -0.25) is 4.79 Å². The van der Waals surface area contributed by atoms with E-state index < -0.39 is 0 Å². The quantitative estimate of drug-likeness (QED) is 0.433. The van der Waals surface area contributed by atoms with E-state index in [1.165, 1.54) is 20.4 Å². The van der Waals surface area contributed by atoms with Crippen LogP contribution in [0.2, 0.25) is 0 Å². The van der Waals surface area contributed by atoms with E-state index in [4.69, 9.17) is 9.47 Å². The molecule has 3 aromatic rings. The molecule has 0 aliphatic carbocycles. The number of fused-ring (bicyclic) bond motifs is 1. The van der Waals surface area contributed by atoms with E-state index in [0.29, 0.717) is 5.56 Å². The van der Waals surface area contributed by atoms with Crippen LogP contribution in [-0.4, -0.2) is 38.0 Å². The number of phenols is 1. The first-order valence-electron chi connectivity index (χ1n) is 8.61. The third kappa shape index (κ3) is 4.32. The first kappa shape index (κ1) is 19.0. The molecule has 28 heavy (non-hydrogen) atoms. The van der Waals surface area contributed by atoms with Gasteiger partial charge in [0, 0.05) is 16.6 Å². The van der Waals surface area contributed by atoms with Crippen LogP contribution in [0.1, 0.15) is 5.56 Å². The third-order valence-electron chi connectivity index (χ3n) is 4.13. The van der Waals surface area contributed by atoms with Crippen molar-refractivity contribution in [3.63, 3.8) is 0 Å². The Bertz CT molecular complexity index is 987. The molecule has 0 radical (unpaired) electrons. The highest BCUT2D eigenvalue weighted by Gasteiger charge is 2.10. The Morgan fingerprint density at radius 2 is 1.75 bits per heavy atom. The SMILES string of the molecule is COc1cc(/C=N/NC(=O)CNc2cccc3ccccc23)cc(OC)c1O. The lowest BCUT2D eigenvalue weighted by Gasteiger charge is -2.09. The summed E-state index contributed by atoms with van der Waals surface area (Å²) in [6, 6.07) is 17.0. The minimum absolute atomic E-state index is 0.0770. The molecule has 0 aliphatic rings. The van der Waals surface area contributed by atoms with Crippen molar-refractivity contribution in [1.29, 1.82) is 0 Å². The molecule has 0 atom stereocenters. The lowest BCUT2D eigenvalue weighted by Crippen LogP contribution is -2.25. The zero-order valence-corrected chi connectivity index (χ0v) is 15.6. The Labute approximate surface area is 162 Å².